The van der Waals surface area contributed by atoms with Crippen molar-refractivity contribution >= 4 is 23.4 Å². The second-order valence-corrected chi connectivity index (χ2v) is 8.36. The summed E-state index contributed by atoms with van der Waals surface area (Å²) in [5.41, 5.74) is 1.93. The van der Waals surface area contributed by atoms with Gasteiger partial charge in [0.25, 0.3) is 5.91 Å². The van der Waals surface area contributed by atoms with Crippen molar-refractivity contribution in [2.75, 3.05) is 33.4 Å². The molecule has 0 N–H and O–H groups in total. The maximum Gasteiger partial charge on any atom is 0.335 e. The number of carbonyl (C=O) groups is 2. The fourth-order valence-electron chi connectivity index (χ4n) is 4.30. The minimum absolute atomic E-state index is 0.00901. The van der Waals surface area contributed by atoms with Crippen LogP contribution in [0.25, 0.3) is 0 Å². The van der Waals surface area contributed by atoms with E-state index in [2.05, 4.69) is 12.0 Å². The van der Waals surface area contributed by atoms with Gasteiger partial charge in [0.1, 0.15) is 24.2 Å². The summed E-state index contributed by atoms with van der Waals surface area (Å²) in [4.78, 5) is 31.7. The van der Waals surface area contributed by atoms with Crippen LogP contribution >= 0.6 is 0 Å². The molecule has 9 heteroatoms. The molecule has 34 heavy (non-hydrogen) atoms. The van der Waals surface area contributed by atoms with Crippen LogP contribution in [0.15, 0.2) is 34.4 Å². The highest BCUT2D eigenvalue weighted by Gasteiger charge is 2.45. The smallest absolute Gasteiger partial charge is 0.335 e. The number of rotatable bonds is 12. The van der Waals surface area contributed by atoms with Crippen LogP contribution in [0.5, 0.6) is 5.75 Å². The molecular formula is C25H36N4O5. The lowest BCUT2D eigenvalue weighted by Gasteiger charge is -2.34. The van der Waals surface area contributed by atoms with Crippen LogP contribution < -0.4 is 4.74 Å². The van der Waals surface area contributed by atoms with Gasteiger partial charge >= 0.3 is 5.97 Å². The molecule has 1 amide bonds. The van der Waals surface area contributed by atoms with Crippen molar-refractivity contribution in [3.05, 3.63) is 29.8 Å². The zero-order chi connectivity index (χ0) is 24.7. The second-order valence-electron chi connectivity index (χ2n) is 8.36. The molecule has 3 rings (SSSR count). The zero-order valence-electron chi connectivity index (χ0n) is 20.8. The highest BCUT2D eigenvalue weighted by atomic mass is 16.6. The average Bonchev–Trinajstić information content (AvgIpc) is 3.12. The standard InChI is InChI=1S/C25H36N4O5/c1-6-9-20-22-23(28(5)27-20)24(30)29(17(4)26-22)14-15-34-19-12-10-18(11-13-19)16-21(32-7-2)25(31)33-8-3/h10-13,21-23H,6-9,14-16H2,1-5H3. The van der Waals surface area contributed by atoms with Gasteiger partial charge < -0.3 is 14.2 Å². The number of nitrogens with zero attached hydrogens (tertiary/aromatic N) is 4. The predicted octanol–water partition coefficient (Wildman–Crippen LogP) is 2.68. The number of amidine groups is 1. The Morgan fingerprint density at radius 3 is 2.53 bits per heavy atom. The molecule has 3 unspecified atom stereocenters. The third kappa shape index (κ3) is 5.94. The molecule has 9 nitrogen and oxygen atoms in total. The molecule has 1 aromatic rings. The van der Waals surface area contributed by atoms with Crippen LogP contribution in [0.3, 0.4) is 0 Å². The summed E-state index contributed by atoms with van der Waals surface area (Å²) in [6, 6.07) is 6.97. The van der Waals surface area contributed by atoms with E-state index in [0.717, 1.165) is 24.1 Å². The maximum atomic E-state index is 13.1. The van der Waals surface area contributed by atoms with Crippen molar-refractivity contribution < 1.29 is 23.8 Å². The summed E-state index contributed by atoms with van der Waals surface area (Å²) >= 11 is 0. The molecule has 2 heterocycles. The molecule has 0 spiro atoms. The lowest BCUT2D eigenvalue weighted by molar-refractivity contribution is -0.156. The van der Waals surface area contributed by atoms with Crippen LogP contribution in [0.4, 0.5) is 0 Å². The zero-order valence-corrected chi connectivity index (χ0v) is 20.8. The van der Waals surface area contributed by atoms with Crippen LogP contribution in [-0.4, -0.2) is 84.9 Å². The van der Waals surface area contributed by atoms with Crippen LogP contribution in [0, 0.1) is 0 Å². The Kier molecular flexibility index (Phi) is 9.04. The minimum atomic E-state index is -0.622. The molecule has 2 aliphatic heterocycles. The first-order chi connectivity index (χ1) is 16.4. The van der Waals surface area contributed by atoms with Crippen LogP contribution in [0.2, 0.25) is 0 Å². The number of ether oxygens (including phenoxy) is 3. The number of hydrazone groups is 1. The third-order valence-electron chi connectivity index (χ3n) is 5.92. The summed E-state index contributed by atoms with van der Waals surface area (Å²) < 4.78 is 16.5. The number of fused-ring (bicyclic) bond motifs is 1. The number of hydrogen-bond acceptors (Lipinski definition) is 8. The topological polar surface area (TPSA) is 93.0 Å². The van der Waals surface area contributed by atoms with Crippen molar-refractivity contribution in [1.82, 2.24) is 9.91 Å². The highest BCUT2D eigenvalue weighted by Crippen LogP contribution is 2.26. The van der Waals surface area contributed by atoms with Gasteiger partial charge in [-0.1, -0.05) is 25.5 Å². The Balaban J connectivity index is 1.54. The third-order valence-corrected chi connectivity index (χ3v) is 5.92. The number of hydrogen-bond donors (Lipinski definition) is 0. The van der Waals surface area contributed by atoms with Gasteiger partial charge in [-0.25, -0.2) is 4.79 Å². The Hall–Kier alpha value is -2.94. The van der Waals surface area contributed by atoms with Gasteiger partial charge in [-0.05, 0) is 44.9 Å². The lowest BCUT2D eigenvalue weighted by Crippen LogP contribution is -2.56. The largest absolute Gasteiger partial charge is 0.492 e. The molecule has 0 fully saturated rings. The van der Waals surface area contributed by atoms with Crippen LogP contribution in [-0.2, 0) is 25.5 Å². The Morgan fingerprint density at radius 2 is 1.88 bits per heavy atom. The van der Waals surface area contributed by atoms with Gasteiger partial charge in [0.2, 0.25) is 0 Å². The van der Waals surface area contributed by atoms with E-state index in [1.807, 2.05) is 45.2 Å². The first-order valence-electron chi connectivity index (χ1n) is 12.0. The van der Waals surface area contributed by atoms with E-state index in [1.54, 1.807) is 16.8 Å². The average molecular weight is 473 g/mol. The predicted molar refractivity (Wildman–Crippen MR) is 130 cm³/mol. The Labute approximate surface area is 201 Å². The first kappa shape index (κ1) is 25.7. The normalized spacial score (nSPS) is 20.6. The number of likely N-dealkylation sites (N-methyl/N-ethyl adjacent to an activating group) is 1. The fourth-order valence-corrected chi connectivity index (χ4v) is 4.30. The molecule has 2 aliphatic rings. The van der Waals surface area contributed by atoms with Gasteiger partial charge in [-0.2, -0.15) is 5.10 Å². The number of benzene rings is 1. The summed E-state index contributed by atoms with van der Waals surface area (Å²) in [6.45, 7) is 9.10. The number of esters is 1. The summed E-state index contributed by atoms with van der Waals surface area (Å²) in [5.74, 6) is 1.05. The van der Waals surface area contributed by atoms with Crippen molar-refractivity contribution in [2.45, 2.75) is 65.1 Å². The van der Waals surface area contributed by atoms with Crippen molar-refractivity contribution in [3.63, 3.8) is 0 Å². The van der Waals surface area contributed by atoms with Gasteiger partial charge in [-0.3, -0.25) is 19.7 Å². The van der Waals surface area contributed by atoms with E-state index in [-0.39, 0.29) is 24.0 Å². The maximum absolute atomic E-state index is 13.1. The number of carbonyl (C=O) groups excluding carboxylic acids is 2. The summed E-state index contributed by atoms with van der Waals surface area (Å²) in [5, 5.41) is 6.30. The Morgan fingerprint density at radius 1 is 1.15 bits per heavy atom. The van der Waals surface area contributed by atoms with E-state index >= 15 is 0 Å². The van der Waals surface area contributed by atoms with Gasteiger partial charge in [0.15, 0.2) is 12.1 Å². The SMILES string of the molecule is CCCC1=NN(C)C2C(=O)N(CCOc3ccc(CC(OCC)C(=O)OCC)cc3)C(C)=NC12. The molecule has 186 valence electrons. The van der Waals surface area contributed by atoms with Crippen molar-refractivity contribution in [3.8, 4) is 5.75 Å². The molecule has 0 bridgehead atoms. The second kappa shape index (κ2) is 12.0. The van der Waals surface area contributed by atoms with Gasteiger partial charge in [0.05, 0.1) is 18.9 Å². The molecule has 0 aromatic heterocycles. The molecular weight excluding hydrogens is 436 g/mol. The molecule has 0 saturated heterocycles. The summed E-state index contributed by atoms with van der Waals surface area (Å²) in [7, 11) is 1.84. The minimum Gasteiger partial charge on any atom is -0.492 e. The Bertz CT molecular complexity index is 914. The first-order valence-corrected chi connectivity index (χ1v) is 12.0. The van der Waals surface area contributed by atoms with E-state index in [1.165, 1.54) is 0 Å². The van der Waals surface area contributed by atoms with Gasteiger partial charge in [0, 0.05) is 20.1 Å². The quantitative estimate of drug-likeness (QED) is 0.434. The van der Waals surface area contributed by atoms with E-state index in [9.17, 15) is 9.59 Å². The number of amides is 1. The van der Waals surface area contributed by atoms with Crippen molar-refractivity contribution in [1.29, 1.82) is 0 Å². The van der Waals surface area contributed by atoms with E-state index in [0.29, 0.717) is 44.4 Å². The lowest BCUT2D eigenvalue weighted by atomic mass is 9.98. The monoisotopic (exact) mass is 472 g/mol. The molecule has 3 atom stereocenters. The van der Waals surface area contributed by atoms with Gasteiger partial charge in [-0.15, -0.1) is 0 Å². The van der Waals surface area contributed by atoms with E-state index in [4.69, 9.17) is 19.2 Å². The van der Waals surface area contributed by atoms with Crippen LogP contribution in [0.1, 0.15) is 46.1 Å². The van der Waals surface area contributed by atoms with E-state index < -0.39 is 6.10 Å². The van der Waals surface area contributed by atoms with Crippen molar-refractivity contribution in [2.24, 2.45) is 10.1 Å². The summed E-state index contributed by atoms with van der Waals surface area (Å²) in [6.07, 6.45) is 1.64. The highest BCUT2D eigenvalue weighted by molar-refractivity contribution is 6.08. The number of aliphatic imine (C=N–C) groups is 1. The molecule has 1 aromatic carbocycles. The molecule has 0 saturated carbocycles. The molecule has 0 radical (unpaired) electrons. The fraction of sp³-hybridized carbons (Fsp3) is 0.600. The molecule has 0 aliphatic carbocycles.